The zero-order chi connectivity index (χ0) is 35.5. The number of amides is 3. The lowest BCUT2D eigenvalue weighted by Crippen LogP contribution is -2.56. The van der Waals surface area contributed by atoms with E-state index in [0.717, 1.165) is 28.7 Å². The summed E-state index contributed by atoms with van der Waals surface area (Å²) in [5, 5.41) is 15.2. The molecule has 0 fully saturated rings. The van der Waals surface area contributed by atoms with E-state index >= 15 is 0 Å². The van der Waals surface area contributed by atoms with Gasteiger partial charge in [0.05, 0.1) is 6.33 Å². The van der Waals surface area contributed by atoms with Gasteiger partial charge < -0.3 is 25.0 Å². The Balaban J connectivity index is 1.33. The summed E-state index contributed by atoms with van der Waals surface area (Å²) in [6, 6.07) is 16.4. The number of likely N-dealkylation sites (N-methyl/N-ethyl adjacent to an activating group) is 1. The summed E-state index contributed by atoms with van der Waals surface area (Å²) in [4.78, 5) is 62.7. The number of unbranched alkanes of at least 4 members (excludes halogenated alkanes) is 1. The molecule has 3 amide bonds. The molecule has 262 valence electrons. The van der Waals surface area contributed by atoms with Gasteiger partial charge in [-0.05, 0) is 53.1 Å². The third kappa shape index (κ3) is 8.93. The van der Waals surface area contributed by atoms with Crippen LogP contribution in [0.15, 0.2) is 91.8 Å². The molecule has 3 atom stereocenters. The van der Waals surface area contributed by atoms with Crippen LogP contribution in [0.1, 0.15) is 61.6 Å². The Morgan fingerprint density at radius 2 is 1.58 bits per heavy atom. The maximum absolute atomic E-state index is 14.1. The molecule has 2 aromatic carbocycles. The second-order valence-electron chi connectivity index (χ2n) is 12.5. The normalized spacial score (nSPS) is 13.7. The van der Waals surface area contributed by atoms with Crippen LogP contribution in [-0.4, -0.2) is 80.2 Å². The Labute approximate surface area is 291 Å². The topological polar surface area (TPSA) is 156 Å². The van der Waals surface area contributed by atoms with Crippen LogP contribution >= 0.6 is 0 Å². The van der Waals surface area contributed by atoms with Crippen molar-refractivity contribution in [3.8, 4) is 11.1 Å². The van der Waals surface area contributed by atoms with Crippen molar-refractivity contribution in [1.29, 1.82) is 0 Å². The number of pyridine rings is 1. The zero-order valence-electron chi connectivity index (χ0n) is 28.4. The van der Waals surface area contributed by atoms with Gasteiger partial charge in [-0.25, -0.2) is 14.6 Å². The van der Waals surface area contributed by atoms with Gasteiger partial charge in [0, 0.05) is 50.7 Å². The van der Waals surface area contributed by atoms with E-state index in [1.54, 1.807) is 37.1 Å². The lowest BCUT2D eigenvalue weighted by Gasteiger charge is -2.29. The first kappa shape index (κ1) is 35.8. The molecule has 1 aliphatic rings. The highest BCUT2D eigenvalue weighted by molar-refractivity contribution is 5.93. The molecule has 4 aromatic rings. The highest BCUT2D eigenvalue weighted by Crippen LogP contribution is 2.44. The van der Waals surface area contributed by atoms with Crippen LogP contribution in [0, 0.1) is 0 Å². The Hall–Kier alpha value is -5.52. The third-order valence-electron chi connectivity index (χ3n) is 9.10. The Morgan fingerprint density at radius 1 is 0.880 bits per heavy atom. The van der Waals surface area contributed by atoms with Crippen molar-refractivity contribution in [2.45, 2.75) is 76.0 Å². The van der Waals surface area contributed by atoms with Gasteiger partial charge >= 0.3 is 12.1 Å². The van der Waals surface area contributed by atoms with Crippen LogP contribution in [-0.2, 0) is 32.1 Å². The molecule has 0 saturated heterocycles. The van der Waals surface area contributed by atoms with E-state index in [9.17, 15) is 24.3 Å². The Bertz CT molecular complexity index is 1700. The van der Waals surface area contributed by atoms with Crippen LogP contribution in [0.25, 0.3) is 11.1 Å². The van der Waals surface area contributed by atoms with Gasteiger partial charge in [0.1, 0.15) is 24.7 Å². The molecule has 5 rings (SSSR count). The monoisotopic (exact) mass is 680 g/mol. The fourth-order valence-electron chi connectivity index (χ4n) is 6.38. The van der Waals surface area contributed by atoms with Gasteiger partial charge in [0.15, 0.2) is 0 Å². The fourth-order valence-corrected chi connectivity index (χ4v) is 6.38. The lowest BCUT2D eigenvalue weighted by atomic mass is 9.98. The molecule has 12 heteroatoms. The van der Waals surface area contributed by atoms with Gasteiger partial charge in [0.25, 0.3) is 0 Å². The maximum atomic E-state index is 14.1. The number of fused-ring (bicyclic) bond motifs is 3. The molecule has 0 aliphatic heterocycles. The minimum atomic E-state index is -1.15. The number of imidazole rings is 1. The predicted octanol–water partition coefficient (Wildman–Crippen LogP) is 4.79. The van der Waals surface area contributed by atoms with Crippen molar-refractivity contribution in [2.75, 3.05) is 13.7 Å². The first-order valence-corrected chi connectivity index (χ1v) is 17.0. The van der Waals surface area contributed by atoms with E-state index in [4.69, 9.17) is 4.74 Å². The molecule has 0 saturated carbocycles. The number of carbonyl (C=O) groups excluding carboxylic acids is 3. The second kappa shape index (κ2) is 17.2. The molecule has 2 aromatic heterocycles. The van der Waals surface area contributed by atoms with Crippen LogP contribution in [0.4, 0.5) is 4.79 Å². The first-order chi connectivity index (χ1) is 24.3. The van der Waals surface area contributed by atoms with E-state index in [2.05, 4.69) is 32.7 Å². The zero-order valence-corrected chi connectivity index (χ0v) is 28.4. The van der Waals surface area contributed by atoms with Crippen molar-refractivity contribution < 1.29 is 29.0 Å². The number of hydrogen-bond acceptors (Lipinski definition) is 7. The minimum Gasteiger partial charge on any atom is -0.480 e. The molecular formula is C38H44N6O6. The molecule has 12 nitrogen and oxygen atoms in total. The van der Waals surface area contributed by atoms with Crippen LogP contribution in [0.3, 0.4) is 0 Å². The number of nitrogens with one attached hydrogen (secondary N) is 2. The maximum Gasteiger partial charge on any atom is 0.410 e. The van der Waals surface area contributed by atoms with Gasteiger partial charge in [0.2, 0.25) is 11.8 Å². The van der Waals surface area contributed by atoms with Crippen molar-refractivity contribution in [3.05, 3.63) is 108 Å². The molecule has 1 aliphatic carbocycles. The molecule has 0 unspecified atom stereocenters. The number of carboxylic acids is 1. The summed E-state index contributed by atoms with van der Waals surface area (Å²) in [6.07, 6.45) is 10.2. The van der Waals surface area contributed by atoms with Crippen LogP contribution in [0.5, 0.6) is 0 Å². The van der Waals surface area contributed by atoms with Crippen molar-refractivity contribution in [2.24, 2.45) is 0 Å². The summed E-state index contributed by atoms with van der Waals surface area (Å²) in [5.74, 6) is -2.50. The number of aryl methyl sites for hydroxylation is 1. The standard InChI is InChI=1S/C38H44N6O6/c1-3-4-16-32(37(47)48)41-35(45)33(22-26-11-9-18-39-23-26)42-36(46)34(17-10-20-44-21-19-40-25-44)43(2)38(49)50-24-31-29-14-7-5-12-27(29)28-13-6-8-15-30(28)31/h5-9,11-15,18-19,21,23,25,31-34H,3-4,10,16-17,20,22,24H2,1-2H3,(H,41,45)(H,42,46)(H,47,48)/t32-,33-,34-/m0/s1. The van der Waals surface area contributed by atoms with Gasteiger partial charge in [-0.2, -0.15) is 0 Å². The summed E-state index contributed by atoms with van der Waals surface area (Å²) in [5.41, 5.74) is 5.03. The summed E-state index contributed by atoms with van der Waals surface area (Å²) < 4.78 is 7.77. The first-order valence-electron chi connectivity index (χ1n) is 17.0. The Kier molecular flexibility index (Phi) is 12.3. The molecule has 3 N–H and O–H groups in total. The van der Waals surface area contributed by atoms with E-state index in [1.807, 2.05) is 54.1 Å². The number of benzene rings is 2. The third-order valence-corrected chi connectivity index (χ3v) is 9.10. The van der Waals surface area contributed by atoms with E-state index < -0.39 is 42.0 Å². The fraction of sp³-hybridized carbons (Fsp3) is 0.368. The van der Waals surface area contributed by atoms with Gasteiger partial charge in [-0.1, -0.05) is 74.4 Å². The number of aromatic nitrogens is 3. The van der Waals surface area contributed by atoms with Crippen LogP contribution in [0.2, 0.25) is 0 Å². The molecular weight excluding hydrogens is 636 g/mol. The highest BCUT2D eigenvalue weighted by atomic mass is 16.6. The number of hydrogen-bond donors (Lipinski definition) is 3. The van der Waals surface area contributed by atoms with Gasteiger partial charge in [-0.3, -0.25) is 19.5 Å². The van der Waals surface area contributed by atoms with Gasteiger partial charge in [-0.15, -0.1) is 0 Å². The second-order valence-corrected chi connectivity index (χ2v) is 12.5. The summed E-state index contributed by atoms with van der Waals surface area (Å²) in [7, 11) is 1.52. The van der Waals surface area contributed by atoms with E-state index in [1.165, 1.54) is 11.9 Å². The predicted molar refractivity (Wildman–Crippen MR) is 187 cm³/mol. The van der Waals surface area contributed by atoms with Crippen molar-refractivity contribution in [1.82, 2.24) is 30.1 Å². The highest BCUT2D eigenvalue weighted by Gasteiger charge is 2.34. The number of nitrogens with zero attached hydrogens (tertiary/aromatic N) is 4. The molecule has 0 radical (unpaired) electrons. The Morgan fingerprint density at radius 3 is 2.20 bits per heavy atom. The average Bonchev–Trinajstić information content (AvgIpc) is 3.76. The quantitative estimate of drug-likeness (QED) is 0.144. The largest absolute Gasteiger partial charge is 0.480 e. The molecule has 0 bridgehead atoms. The molecule has 0 spiro atoms. The minimum absolute atomic E-state index is 0.0714. The number of carboxylic acid groups (broad SMARTS) is 1. The van der Waals surface area contributed by atoms with Crippen molar-refractivity contribution in [3.63, 3.8) is 0 Å². The van der Waals surface area contributed by atoms with E-state index in [-0.39, 0.29) is 31.8 Å². The SMILES string of the molecule is CCCC[C@H](NC(=O)[C@H](Cc1cccnc1)NC(=O)[C@H](CCCn1ccnc1)N(C)C(=O)OCC1c2ccccc2-c2ccccc21)C(=O)O. The number of ether oxygens (including phenoxy) is 1. The molecule has 50 heavy (non-hydrogen) atoms. The summed E-state index contributed by atoms with van der Waals surface area (Å²) >= 11 is 0. The smallest absolute Gasteiger partial charge is 0.410 e. The number of aliphatic carboxylic acids is 1. The number of rotatable bonds is 17. The lowest BCUT2D eigenvalue weighted by molar-refractivity contribution is -0.142. The number of carbonyl (C=O) groups is 4. The van der Waals surface area contributed by atoms with E-state index in [0.29, 0.717) is 24.9 Å². The summed E-state index contributed by atoms with van der Waals surface area (Å²) in [6.45, 7) is 2.58. The average molecular weight is 681 g/mol. The molecule has 2 heterocycles. The van der Waals surface area contributed by atoms with Crippen molar-refractivity contribution >= 4 is 23.9 Å². The van der Waals surface area contributed by atoms with Crippen LogP contribution < -0.4 is 10.6 Å².